The molecule has 0 saturated carbocycles. The Morgan fingerprint density at radius 3 is 2.90 bits per heavy atom. The highest BCUT2D eigenvalue weighted by Crippen LogP contribution is 2.19. The standard InChI is InChI=1S/C13H17FN4O2.ClH/c1-18-11-4-3-8(14)5-10(11)16-13(18)17-12(19)6-9(7-15)20-2;/h3-5,9H,6-7,15H2,1-2H3,(H,16,17,19);1H. The van der Waals surface area contributed by atoms with E-state index >= 15 is 0 Å². The lowest BCUT2D eigenvalue weighted by Crippen LogP contribution is -2.28. The molecule has 0 radical (unpaired) electrons. The van der Waals surface area contributed by atoms with Crippen LogP contribution >= 0.6 is 12.4 Å². The van der Waals surface area contributed by atoms with E-state index in [0.29, 0.717) is 11.5 Å². The molecule has 1 atom stereocenters. The van der Waals surface area contributed by atoms with E-state index in [9.17, 15) is 9.18 Å². The summed E-state index contributed by atoms with van der Waals surface area (Å²) in [6, 6.07) is 4.29. The summed E-state index contributed by atoms with van der Waals surface area (Å²) >= 11 is 0. The van der Waals surface area contributed by atoms with E-state index in [1.165, 1.54) is 19.2 Å². The van der Waals surface area contributed by atoms with Gasteiger partial charge in [0.15, 0.2) is 0 Å². The lowest BCUT2D eigenvalue weighted by molar-refractivity contribution is -0.118. The molecule has 0 saturated heterocycles. The quantitative estimate of drug-likeness (QED) is 0.874. The number of nitrogens with two attached hydrogens (primary N) is 1. The van der Waals surface area contributed by atoms with Gasteiger partial charge in [-0.15, -0.1) is 12.4 Å². The number of carbonyl (C=O) groups is 1. The number of aromatic nitrogens is 2. The Bertz CT molecular complexity index is 628. The number of methoxy groups -OCH3 is 1. The Kier molecular flexibility index (Phi) is 6.07. The maximum atomic E-state index is 13.1. The van der Waals surface area contributed by atoms with Crippen molar-refractivity contribution in [2.75, 3.05) is 19.0 Å². The van der Waals surface area contributed by atoms with Crippen molar-refractivity contribution in [2.24, 2.45) is 12.8 Å². The van der Waals surface area contributed by atoms with E-state index in [2.05, 4.69) is 10.3 Å². The van der Waals surface area contributed by atoms with Gasteiger partial charge in [-0.1, -0.05) is 0 Å². The van der Waals surface area contributed by atoms with Gasteiger partial charge in [0.05, 0.1) is 23.6 Å². The fourth-order valence-electron chi connectivity index (χ4n) is 1.93. The number of fused-ring (bicyclic) bond motifs is 1. The number of anilines is 1. The maximum absolute atomic E-state index is 13.1. The smallest absolute Gasteiger partial charge is 0.229 e. The van der Waals surface area contributed by atoms with Crippen LogP contribution in [0.15, 0.2) is 18.2 Å². The molecule has 3 N–H and O–H groups in total. The molecule has 0 fully saturated rings. The van der Waals surface area contributed by atoms with Gasteiger partial charge in [-0.05, 0) is 12.1 Å². The molecule has 1 heterocycles. The van der Waals surface area contributed by atoms with Crippen LogP contribution in [0.2, 0.25) is 0 Å². The summed E-state index contributed by atoms with van der Waals surface area (Å²) in [7, 11) is 3.25. The molecule has 0 bridgehead atoms. The number of aryl methyl sites for hydroxylation is 1. The fraction of sp³-hybridized carbons (Fsp3) is 0.385. The van der Waals surface area contributed by atoms with Gasteiger partial charge in [-0.3, -0.25) is 10.1 Å². The van der Waals surface area contributed by atoms with Crippen molar-refractivity contribution in [1.82, 2.24) is 9.55 Å². The molecule has 6 nitrogen and oxygen atoms in total. The van der Waals surface area contributed by atoms with Crippen molar-refractivity contribution in [3.8, 4) is 0 Å². The van der Waals surface area contributed by atoms with Crippen molar-refractivity contribution < 1.29 is 13.9 Å². The van der Waals surface area contributed by atoms with Crippen LogP contribution < -0.4 is 11.1 Å². The highest BCUT2D eigenvalue weighted by molar-refractivity contribution is 5.91. The van der Waals surface area contributed by atoms with E-state index in [4.69, 9.17) is 10.5 Å². The number of hydrogen-bond acceptors (Lipinski definition) is 4. The normalized spacial score (nSPS) is 12.0. The number of benzene rings is 1. The maximum Gasteiger partial charge on any atom is 0.229 e. The van der Waals surface area contributed by atoms with Gasteiger partial charge in [-0.25, -0.2) is 9.37 Å². The lowest BCUT2D eigenvalue weighted by atomic mass is 10.2. The molecule has 0 aliphatic rings. The number of ether oxygens (including phenoxy) is 1. The minimum Gasteiger partial charge on any atom is -0.380 e. The molecule has 116 valence electrons. The summed E-state index contributed by atoms with van der Waals surface area (Å²) < 4.78 is 19.9. The molecule has 0 aliphatic heterocycles. The third-order valence-electron chi connectivity index (χ3n) is 3.10. The number of hydrogen-bond donors (Lipinski definition) is 2. The Balaban J connectivity index is 0.00000220. The van der Waals surface area contributed by atoms with Gasteiger partial charge in [0, 0.05) is 26.8 Å². The minimum absolute atomic E-state index is 0. The number of carbonyl (C=O) groups excluding carboxylic acids is 1. The number of rotatable bonds is 5. The molecule has 1 aromatic heterocycles. The molecular formula is C13H18ClFN4O2. The first-order chi connectivity index (χ1) is 9.55. The third kappa shape index (κ3) is 3.90. The molecule has 1 unspecified atom stereocenters. The Morgan fingerprint density at radius 2 is 2.29 bits per heavy atom. The van der Waals surface area contributed by atoms with Crippen LogP contribution in [0, 0.1) is 5.82 Å². The largest absolute Gasteiger partial charge is 0.380 e. The van der Waals surface area contributed by atoms with Crippen LogP contribution in [-0.4, -0.2) is 35.2 Å². The molecule has 8 heteroatoms. The number of halogens is 2. The summed E-state index contributed by atoms with van der Waals surface area (Å²) in [6.45, 7) is 0.262. The Hall–Kier alpha value is -1.70. The van der Waals surface area contributed by atoms with Gasteiger partial charge in [0.25, 0.3) is 0 Å². The van der Waals surface area contributed by atoms with Crippen LogP contribution in [0.4, 0.5) is 10.3 Å². The molecule has 1 amide bonds. The van der Waals surface area contributed by atoms with E-state index in [-0.39, 0.29) is 43.2 Å². The van der Waals surface area contributed by atoms with Crippen LogP contribution in [0.3, 0.4) is 0 Å². The molecule has 0 spiro atoms. The van der Waals surface area contributed by atoms with Crippen LogP contribution in [0.25, 0.3) is 11.0 Å². The molecular weight excluding hydrogens is 299 g/mol. The van der Waals surface area contributed by atoms with Crippen molar-refractivity contribution in [2.45, 2.75) is 12.5 Å². The van der Waals surface area contributed by atoms with E-state index in [1.54, 1.807) is 17.7 Å². The summed E-state index contributed by atoms with van der Waals surface area (Å²) in [5, 5.41) is 2.67. The third-order valence-corrected chi connectivity index (χ3v) is 3.10. The molecule has 2 aromatic rings. The number of nitrogens with one attached hydrogen (secondary N) is 1. The highest BCUT2D eigenvalue weighted by Gasteiger charge is 2.15. The predicted octanol–water partition coefficient (Wildman–Crippen LogP) is 1.44. The molecule has 0 aliphatic carbocycles. The second-order valence-electron chi connectivity index (χ2n) is 4.47. The molecule has 1 aromatic carbocycles. The SMILES string of the molecule is COC(CN)CC(=O)Nc1nc2cc(F)ccc2n1C.Cl. The second kappa shape index (κ2) is 7.35. The van der Waals surface area contributed by atoms with Gasteiger partial charge in [0.1, 0.15) is 5.82 Å². The van der Waals surface area contributed by atoms with Crippen LogP contribution in [0.1, 0.15) is 6.42 Å². The first-order valence-electron chi connectivity index (χ1n) is 6.20. The lowest BCUT2D eigenvalue weighted by Gasteiger charge is -2.12. The van der Waals surface area contributed by atoms with E-state index in [1.807, 2.05) is 0 Å². The Morgan fingerprint density at radius 1 is 1.57 bits per heavy atom. The van der Waals surface area contributed by atoms with Crippen LogP contribution in [-0.2, 0) is 16.6 Å². The first-order valence-corrected chi connectivity index (χ1v) is 6.20. The Labute approximate surface area is 127 Å². The van der Waals surface area contributed by atoms with Gasteiger partial charge < -0.3 is 15.0 Å². The van der Waals surface area contributed by atoms with Crippen molar-refractivity contribution >= 4 is 35.3 Å². The molecule has 21 heavy (non-hydrogen) atoms. The van der Waals surface area contributed by atoms with E-state index < -0.39 is 0 Å². The number of nitrogens with zero attached hydrogens (tertiary/aromatic N) is 2. The van der Waals surface area contributed by atoms with E-state index in [0.717, 1.165) is 5.52 Å². The number of amides is 1. The fourth-order valence-corrected chi connectivity index (χ4v) is 1.93. The topological polar surface area (TPSA) is 82.2 Å². The average molecular weight is 317 g/mol. The monoisotopic (exact) mass is 316 g/mol. The zero-order valence-electron chi connectivity index (χ0n) is 11.8. The van der Waals surface area contributed by atoms with Crippen molar-refractivity contribution in [1.29, 1.82) is 0 Å². The summed E-state index contributed by atoms with van der Waals surface area (Å²) in [6.07, 6.45) is -0.188. The van der Waals surface area contributed by atoms with Crippen molar-refractivity contribution in [3.05, 3.63) is 24.0 Å². The summed E-state index contributed by atoms with van der Waals surface area (Å²) in [5.74, 6) is -0.250. The summed E-state index contributed by atoms with van der Waals surface area (Å²) in [5.41, 5.74) is 6.70. The van der Waals surface area contributed by atoms with Crippen LogP contribution in [0.5, 0.6) is 0 Å². The average Bonchev–Trinajstić information content (AvgIpc) is 2.72. The van der Waals surface area contributed by atoms with Gasteiger partial charge in [-0.2, -0.15) is 0 Å². The van der Waals surface area contributed by atoms with Crippen molar-refractivity contribution in [3.63, 3.8) is 0 Å². The molecule has 2 rings (SSSR count). The highest BCUT2D eigenvalue weighted by atomic mass is 35.5. The predicted molar refractivity (Wildman–Crippen MR) is 81.0 cm³/mol. The minimum atomic E-state index is -0.365. The first kappa shape index (κ1) is 17.4. The van der Waals surface area contributed by atoms with Gasteiger partial charge >= 0.3 is 0 Å². The van der Waals surface area contributed by atoms with Gasteiger partial charge in [0.2, 0.25) is 11.9 Å². The zero-order valence-corrected chi connectivity index (χ0v) is 12.6. The zero-order chi connectivity index (χ0) is 14.7. The second-order valence-corrected chi connectivity index (χ2v) is 4.47. The number of imidazole rings is 1. The summed E-state index contributed by atoms with van der Waals surface area (Å²) in [4.78, 5) is 16.1.